The number of carbonyl (C=O) groups is 1. The summed E-state index contributed by atoms with van der Waals surface area (Å²) in [7, 11) is -2.32. The van der Waals surface area contributed by atoms with Gasteiger partial charge in [0.15, 0.2) is 0 Å². The van der Waals surface area contributed by atoms with Crippen LogP contribution >= 0.6 is 0 Å². The molecule has 0 aromatic heterocycles. The molecule has 2 rings (SSSR count). The summed E-state index contributed by atoms with van der Waals surface area (Å²) >= 11 is 0. The SMILES string of the molecule is CCOC(=O)Nc1ccc(S(=O)(=O)Nc2cc(C)ccc2OC)cc1. The third-order valence-electron chi connectivity index (χ3n) is 3.29. The van der Waals surface area contributed by atoms with Crippen molar-refractivity contribution >= 4 is 27.5 Å². The summed E-state index contributed by atoms with van der Waals surface area (Å²) in [5, 5.41) is 2.50. The van der Waals surface area contributed by atoms with Crippen molar-refractivity contribution in [2.75, 3.05) is 23.8 Å². The molecule has 0 heterocycles. The second kappa shape index (κ2) is 7.89. The van der Waals surface area contributed by atoms with Gasteiger partial charge in [-0.05, 0) is 55.8 Å². The Kier molecular flexibility index (Phi) is 5.87. The molecule has 0 bridgehead atoms. The lowest BCUT2D eigenvalue weighted by molar-refractivity contribution is 0.168. The highest BCUT2D eigenvalue weighted by molar-refractivity contribution is 7.92. The molecule has 8 heteroatoms. The number of carbonyl (C=O) groups excluding carboxylic acids is 1. The van der Waals surface area contributed by atoms with Gasteiger partial charge in [0.1, 0.15) is 5.75 Å². The number of sulfonamides is 1. The first-order chi connectivity index (χ1) is 11.9. The van der Waals surface area contributed by atoms with Crippen LogP contribution in [0, 0.1) is 6.92 Å². The van der Waals surface area contributed by atoms with Gasteiger partial charge < -0.3 is 9.47 Å². The summed E-state index contributed by atoms with van der Waals surface area (Å²) in [4.78, 5) is 11.4. The molecule has 25 heavy (non-hydrogen) atoms. The van der Waals surface area contributed by atoms with Gasteiger partial charge in [-0.15, -0.1) is 0 Å². The van der Waals surface area contributed by atoms with Gasteiger partial charge in [0.25, 0.3) is 10.0 Å². The number of hydrogen-bond donors (Lipinski definition) is 2. The normalized spacial score (nSPS) is 10.8. The van der Waals surface area contributed by atoms with Crippen LogP contribution in [0.5, 0.6) is 5.75 Å². The molecule has 0 aliphatic carbocycles. The first kappa shape index (κ1) is 18.6. The summed E-state index contributed by atoms with van der Waals surface area (Å²) in [6, 6.07) is 11.0. The Balaban J connectivity index is 2.20. The molecule has 0 unspecified atom stereocenters. The van der Waals surface area contributed by atoms with E-state index in [0.29, 0.717) is 17.1 Å². The highest BCUT2D eigenvalue weighted by Crippen LogP contribution is 2.28. The molecular formula is C17H20N2O5S. The molecule has 0 aliphatic heterocycles. The van der Waals surface area contributed by atoms with Crippen molar-refractivity contribution in [1.82, 2.24) is 0 Å². The molecule has 2 aromatic rings. The van der Waals surface area contributed by atoms with E-state index >= 15 is 0 Å². The van der Waals surface area contributed by atoms with Gasteiger partial charge in [0, 0.05) is 5.69 Å². The van der Waals surface area contributed by atoms with Gasteiger partial charge in [-0.1, -0.05) is 6.07 Å². The van der Waals surface area contributed by atoms with Crippen LogP contribution in [0.3, 0.4) is 0 Å². The van der Waals surface area contributed by atoms with E-state index in [-0.39, 0.29) is 11.5 Å². The summed E-state index contributed by atoms with van der Waals surface area (Å²) in [6.07, 6.45) is -0.597. The fraction of sp³-hybridized carbons (Fsp3) is 0.235. The zero-order valence-electron chi connectivity index (χ0n) is 14.2. The highest BCUT2D eigenvalue weighted by atomic mass is 32.2. The first-order valence-corrected chi connectivity index (χ1v) is 9.05. The number of anilines is 2. The minimum Gasteiger partial charge on any atom is -0.495 e. The molecule has 134 valence electrons. The van der Waals surface area contributed by atoms with Crippen LogP contribution in [0.2, 0.25) is 0 Å². The zero-order valence-corrected chi connectivity index (χ0v) is 15.0. The lowest BCUT2D eigenvalue weighted by Gasteiger charge is -2.13. The van der Waals surface area contributed by atoms with Crippen LogP contribution in [-0.2, 0) is 14.8 Å². The van der Waals surface area contributed by atoms with Crippen molar-refractivity contribution in [3.05, 3.63) is 48.0 Å². The standard InChI is InChI=1S/C17H20N2O5S/c1-4-24-17(20)18-13-6-8-14(9-7-13)25(21,22)19-15-11-12(2)5-10-16(15)23-3/h5-11,19H,4H2,1-3H3,(H,18,20). The predicted molar refractivity (Wildman–Crippen MR) is 95.6 cm³/mol. The molecule has 2 aromatic carbocycles. The molecule has 0 spiro atoms. The smallest absolute Gasteiger partial charge is 0.411 e. The summed E-state index contributed by atoms with van der Waals surface area (Å²) in [6.45, 7) is 3.80. The quantitative estimate of drug-likeness (QED) is 0.820. The van der Waals surface area contributed by atoms with E-state index in [9.17, 15) is 13.2 Å². The predicted octanol–water partition coefficient (Wildman–Crippen LogP) is 3.37. The topological polar surface area (TPSA) is 93.7 Å². The summed E-state index contributed by atoms with van der Waals surface area (Å²) in [5.74, 6) is 0.426. The monoisotopic (exact) mass is 364 g/mol. The van der Waals surface area contributed by atoms with Crippen molar-refractivity contribution in [2.45, 2.75) is 18.7 Å². The van der Waals surface area contributed by atoms with Gasteiger partial charge in [-0.2, -0.15) is 0 Å². The number of methoxy groups -OCH3 is 1. The molecule has 0 saturated carbocycles. The number of amides is 1. The highest BCUT2D eigenvalue weighted by Gasteiger charge is 2.17. The van der Waals surface area contributed by atoms with Crippen molar-refractivity contribution in [1.29, 1.82) is 0 Å². The Morgan fingerprint density at radius 2 is 1.80 bits per heavy atom. The minimum atomic E-state index is -3.79. The van der Waals surface area contributed by atoms with Crippen LogP contribution in [0.25, 0.3) is 0 Å². The maximum atomic E-state index is 12.5. The third kappa shape index (κ3) is 4.87. The molecule has 0 radical (unpaired) electrons. The molecule has 1 amide bonds. The first-order valence-electron chi connectivity index (χ1n) is 7.57. The average molecular weight is 364 g/mol. The molecular weight excluding hydrogens is 344 g/mol. The third-order valence-corrected chi connectivity index (χ3v) is 4.67. The molecule has 2 N–H and O–H groups in total. The van der Waals surface area contributed by atoms with E-state index in [1.807, 2.05) is 13.0 Å². The fourth-order valence-electron chi connectivity index (χ4n) is 2.11. The molecule has 0 fully saturated rings. The van der Waals surface area contributed by atoms with Crippen LogP contribution in [0.4, 0.5) is 16.2 Å². The van der Waals surface area contributed by atoms with Crippen molar-refractivity contribution < 1.29 is 22.7 Å². The summed E-state index contributed by atoms with van der Waals surface area (Å²) in [5.41, 5.74) is 1.69. The lowest BCUT2D eigenvalue weighted by atomic mass is 10.2. The van der Waals surface area contributed by atoms with Gasteiger partial charge in [-0.25, -0.2) is 13.2 Å². The van der Waals surface area contributed by atoms with Crippen molar-refractivity contribution in [3.8, 4) is 5.75 Å². The Hall–Kier alpha value is -2.74. The van der Waals surface area contributed by atoms with Crippen LogP contribution < -0.4 is 14.8 Å². The van der Waals surface area contributed by atoms with Gasteiger partial charge in [0.05, 0.1) is 24.3 Å². The van der Waals surface area contributed by atoms with Crippen LogP contribution in [-0.4, -0.2) is 28.2 Å². The fourth-order valence-corrected chi connectivity index (χ4v) is 3.17. The number of ether oxygens (including phenoxy) is 2. The Bertz CT molecular complexity index is 848. The van der Waals surface area contributed by atoms with Gasteiger partial charge in [-0.3, -0.25) is 10.0 Å². The van der Waals surface area contributed by atoms with E-state index in [1.165, 1.54) is 31.4 Å². The molecule has 0 atom stereocenters. The van der Waals surface area contributed by atoms with E-state index in [2.05, 4.69) is 10.0 Å². The second-order valence-electron chi connectivity index (χ2n) is 5.18. The zero-order chi connectivity index (χ0) is 18.4. The number of rotatable bonds is 6. The Morgan fingerprint density at radius 1 is 1.12 bits per heavy atom. The minimum absolute atomic E-state index is 0.0606. The lowest BCUT2D eigenvalue weighted by Crippen LogP contribution is -2.15. The number of nitrogens with one attached hydrogen (secondary N) is 2. The average Bonchev–Trinajstić information content (AvgIpc) is 2.55. The van der Waals surface area contributed by atoms with E-state index in [0.717, 1.165) is 5.56 Å². The molecule has 0 aliphatic rings. The maximum Gasteiger partial charge on any atom is 0.411 e. The van der Waals surface area contributed by atoms with E-state index < -0.39 is 16.1 Å². The van der Waals surface area contributed by atoms with Crippen molar-refractivity contribution in [2.24, 2.45) is 0 Å². The van der Waals surface area contributed by atoms with Gasteiger partial charge >= 0.3 is 6.09 Å². The van der Waals surface area contributed by atoms with Crippen molar-refractivity contribution in [3.63, 3.8) is 0 Å². The molecule has 7 nitrogen and oxygen atoms in total. The van der Waals surface area contributed by atoms with Crippen LogP contribution in [0.1, 0.15) is 12.5 Å². The number of aryl methyl sites for hydroxylation is 1. The maximum absolute atomic E-state index is 12.5. The Morgan fingerprint density at radius 3 is 2.40 bits per heavy atom. The van der Waals surface area contributed by atoms with Gasteiger partial charge in [0.2, 0.25) is 0 Å². The summed E-state index contributed by atoms with van der Waals surface area (Å²) < 4.78 is 37.5. The van der Waals surface area contributed by atoms with Crippen LogP contribution in [0.15, 0.2) is 47.4 Å². The molecule has 0 saturated heterocycles. The largest absolute Gasteiger partial charge is 0.495 e. The number of hydrogen-bond acceptors (Lipinski definition) is 5. The number of benzene rings is 2. The second-order valence-corrected chi connectivity index (χ2v) is 6.86. The Labute approximate surface area is 147 Å². The van der Waals surface area contributed by atoms with E-state index in [1.54, 1.807) is 19.1 Å². The van der Waals surface area contributed by atoms with E-state index in [4.69, 9.17) is 9.47 Å².